The zero-order valence-corrected chi connectivity index (χ0v) is 14.1. The van der Waals surface area contributed by atoms with E-state index in [4.69, 9.17) is 0 Å². The lowest BCUT2D eigenvalue weighted by Crippen LogP contribution is -2.49. The second-order valence-electron chi connectivity index (χ2n) is 7.59. The maximum atomic E-state index is 10.8. The summed E-state index contributed by atoms with van der Waals surface area (Å²) in [5.41, 5.74) is 0.0712. The minimum absolute atomic E-state index is 0.0667. The molecule has 23 heavy (non-hydrogen) atoms. The van der Waals surface area contributed by atoms with Crippen molar-refractivity contribution in [2.75, 3.05) is 6.54 Å². The predicted molar refractivity (Wildman–Crippen MR) is 87.8 cm³/mol. The molecule has 2 aliphatic rings. The Hall–Kier alpha value is -0.980. The van der Waals surface area contributed by atoms with Crippen molar-refractivity contribution in [3.8, 4) is 0 Å². The lowest BCUT2D eigenvalue weighted by molar-refractivity contribution is -0.0107. The van der Waals surface area contributed by atoms with E-state index in [-0.39, 0.29) is 12.6 Å². The summed E-state index contributed by atoms with van der Waals surface area (Å²) < 4.78 is 1.90. The number of hydrogen-bond acceptors (Lipinski definition) is 5. The molecule has 0 bridgehead atoms. The second-order valence-corrected chi connectivity index (χ2v) is 7.59. The number of aliphatic hydroxyl groups excluding tert-OH is 1. The molecule has 2 fully saturated rings. The van der Waals surface area contributed by atoms with Crippen LogP contribution in [0, 0.1) is 5.92 Å². The van der Waals surface area contributed by atoms with Crippen LogP contribution in [0.3, 0.4) is 0 Å². The summed E-state index contributed by atoms with van der Waals surface area (Å²) >= 11 is 0. The molecule has 6 heteroatoms. The largest absolute Gasteiger partial charge is 0.390 e. The van der Waals surface area contributed by atoms with Crippen LogP contribution < -0.4 is 5.32 Å². The molecule has 0 aromatic carbocycles. The Labute approximate surface area is 138 Å². The minimum atomic E-state index is -0.548. The zero-order chi connectivity index (χ0) is 16.3. The lowest BCUT2D eigenvalue weighted by Gasteiger charge is -2.38. The van der Waals surface area contributed by atoms with E-state index in [1.807, 2.05) is 10.9 Å². The highest BCUT2D eigenvalue weighted by atomic mass is 16.3. The molecular formula is C17H30N4O2. The summed E-state index contributed by atoms with van der Waals surface area (Å²) in [6.07, 6.45) is 10.5. The highest BCUT2D eigenvalue weighted by molar-refractivity contribution is 4.95. The maximum Gasteiger partial charge on any atom is 0.108 e. The van der Waals surface area contributed by atoms with Gasteiger partial charge in [0.25, 0.3) is 0 Å². The standard InChI is InChI=1S/C17H30N4O2/c1-13-6-8-17(23,9-7-13)12-18-15-4-2-3-5-16(15)21-10-14(11-22)19-20-21/h10,13,15-16,18,22-23H,2-9,11-12H2,1H3/t13?,15-,16+,17?/m0/s1. The van der Waals surface area contributed by atoms with Crippen LogP contribution >= 0.6 is 0 Å². The van der Waals surface area contributed by atoms with Gasteiger partial charge in [-0.25, -0.2) is 4.68 Å². The van der Waals surface area contributed by atoms with Crippen LogP contribution in [0.2, 0.25) is 0 Å². The Balaban J connectivity index is 1.60. The molecule has 3 rings (SSSR count). The fourth-order valence-electron chi connectivity index (χ4n) is 4.01. The van der Waals surface area contributed by atoms with Gasteiger partial charge in [-0.15, -0.1) is 5.10 Å². The summed E-state index contributed by atoms with van der Waals surface area (Å²) in [5.74, 6) is 0.741. The van der Waals surface area contributed by atoms with Gasteiger partial charge in [-0.2, -0.15) is 0 Å². The van der Waals surface area contributed by atoms with Gasteiger partial charge in [0.05, 0.1) is 24.4 Å². The topological polar surface area (TPSA) is 83.2 Å². The maximum absolute atomic E-state index is 10.8. The molecule has 3 N–H and O–H groups in total. The van der Waals surface area contributed by atoms with Crippen LogP contribution in [0.5, 0.6) is 0 Å². The smallest absolute Gasteiger partial charge is 0.108 e. The van der Waals surface area contributed by atoms with Gasteiger partial charge in [0.1, 0.15) is 5.69 Å². The number of aromatic nitrogens is 3. The third-order valence-corrected chi connectivity index (χ3v) is 5.69. The van der Waals surface area contributed by atoms with Crippen LogP contribution in [0.4, 0.5) is 0 Å². The average molecular weight is 322 g/mol. The third kappa shape index (κ3) is 4.11. The first-order chi connectivity index (χ1) is 11.1. The Morgan fingerprint density at radius 2 is 2.00 bits per heavy atom. The van der Waals surface area contributed by atoms with Crippen molar-refractivity contribution in [3.05, 3.63) is 11.9 Å². The first-order valence-electron chi connectivity index (χ1n) is 9.07. The van der Waals surface area contributed by atoms with E-state index in [1.165, 1.54) is 12.8 Å². The predicted octanol–water partition coefficient (Wildman–Crippen LogP) is 1.78. The fourth-order valence-corrected chi connectivity index (χ4v) is 4.01. The number of rotatable bonds is 5. The van der Waals surface area contributed by atoms with E-state index in [2.05, 4.69) is 22.6 Å². The van der Waals surface area contributed by atoms with E-state index in [0.29, 0.717) is 18.3 Å². The molecule has 0 spiro atoms. The number of nitrogens with zero attached hydrogens (tertiary/aromatic N) is 3. The number of aliphatic hydroxyl groups is 2. The van der Waals surface area contributed by atoms with Crippen molar-refractivity contribution >= 4 is 0 Å². The van der Waals surface area contributed by atoms with Gasteiger partial charge in [0.15, 0.2) is 0 Å². The molecular weight excluding hydrogens is 292 g/mol. The number of nitrogens with one attached hydrogen (secondary N) is 1. The van der Waals surface area contributed by atoms with Gasteiger partial charge >= 0.3 is 0 Å². The van der Waals surface area contributed by atoms with Crippen LogP contribution in [-0.4, -0.2) is 43.4 Å². The minimum Gasteiger partial charge on any atom is -0.390 e. The molecule has 2 saturated carbocycles. The first-order valence-corrected chi connectivity index (χ1v) is 9.07. The SMILES string of the molecule is CC1CCC(O)(CN[C@H]2CCCC[C@H]2n2cc(CO)nn2)CC1. The lowest BCUT2D eigenvalue weighted by atomic mass is 9.79. The normalized spacial score (nSPS) is 35.3. The van der Waals surface area contributed by atoms with E-state index in [9.17, 15) is 10.2 Å². The molecule has 0 aliphatic heterocycles. The quantitative estimate of drug-likeness (QED) is 0.770. The van der Waals surface area contributed by atoms with Crippen LogP contribution in [0.15, 0.2) is 6.20 Å². The van der Waals surface area contributed by atoms with Crippen molar-refractivity contribution in [3.63, 3.8) is 0 Å². The Kier molecular flexibility index (Phi) is 5.34. The van der Waals surface area contributed by atoms with Gasteiger partial charge < -0.3 is 15.5 Å². The van der Waals surface area contributed by atoms with E-state index in [1.54, 1.807) is 0 Å². The average Bonchev–Trinajstić information content (AvgIpc) is 3.05. The molecule has 1 aromatic rings. The molecule has 1 aromatic heterocycles. The van der Waals surface area contributed by atoms with Gasteiger partial charge in [0.2, 0.25) is 0 Å². The Bertz CT molecular complexity index is 497. The molecule has 0 radical (unpaired) electrons. The van der Waals surface area contributed by atoms with E-state index < -0.39 is 5.60 Å². The summed E-state index contributed by atoms with van der Waals surface area (Å²) in [7, 11) is 0. The molecule has 2 atom stereocenters. The van der Waals surface area contributed by atoms with Gasteiger partial charge in [-0.05, 0) is 44.4 Å². The van der Waals surface area contributed by atoms with Crippen molar-refractivity contribution < 1.29 is 10.2 Å². The monoisotopic (exact) mass is 322 g/mol. The fraction of sp³-hybridized carbons (Fsp3) is 0.882. The Morgan fingerprint density at radius 1 is 1.26 bits per heavy atom. The first kappa shape index (κ1) is 16.9. The number of hydrogen-bond donors (Lipinski definition) is 3. The summed E-state index contributed by atoms with van der Waals surface area (Å²) in [6, 6.07) is 0.586. The molecule has 0 unspecified atom stereocenters. The van der Waals surface area contributed by atoms with Crippen LogP contribution in [-0.2, 0) is 6.61 Å². The van der Waals surface area contributed by atoms with E-state index in [0.717, 1.165) is 44.4 Å². The van der Waals surface area contributed by atoms with Gasteiger partial charge in [-0.1, -0.05) is 25.0 Å². The van der Waals surface area contributed by atoms with Crippen molar-refractivity contribution in [1.82, 2.24) is 20.3 Å². The van der Waals surface area contributed by atoms with Gasteiger partial charge in [-0.3, -0.25) is 0 Å². The second kappa shape index (κ2) is 7.28. The highest BCUT2D eigenvalue weighted by Gasteiger charge is 2.34. The molecule has 6 nitrogen and oxygen atoms in total. The molecule has 2 aliphatic carbocycles. The van der Waals surface area contributed by atoms with Crippen molar-refractivity contribution in [2.24, 2.45) is 5.92 Å². The van der Waals surface area contributed by atoms with E-state index >= 15 is 0 Å². The summed E-state index contributed by atoms with van der Waals surface area (Å²) in [5, 5.41) is 31.8. The highest BCUT2D eigenvalue weighted by Crippen LogP contribution is 2.33. The summed E-state index contributed by atoms with van der Waals surface area (Å²) in [6.45, 7) is 2.87. The summed E-state index contributed by atoms with van der Waals surface area (Å²) in [4.78, 5) is 0. The van der Waals surface area contributed by atoms with Crippen LogP contribution in [0.25, 0.3) is 0 Å². The third-order valence-electron chi connectivity index (χ3n) is 5.69. The Morgan fingerprint density at radius 3 is 2.70 bits per heavy atom. The van der Waals surface area contributed by atoms with Crippen LogP contribution in [0.1, 0.15) is 70.0 Å². The molecule has 130 valence electrons. The van der Waals surface area contributed by atoms with Gasteiger partial charge in [0, 0.05) is 12.6 Å². The molecule has 1 heterocycles. The zero-order valence-electron chi connectivity index (χ0n) is 14.1. The molecule has 0 amide bonds. The molecule has 0 saturated heterocycles. The van der Waals surface area contributed by atoms with Crippen molar-refractivity contribution in [1.29, 1.82) is 0 Å². The van der Waals surface area contributed by atoms with Crippen molar-refractivity contribution in [2.45, 2.75) is 82.6 Å².